The molecule has 2 rings (SSSR count). The first-order chi connectivity index (χ1) is 10.2. The van der Waals surface area contributed by atoms with Crippen LogP contribution in [0.2, 0.25) is 0 Å². The Morgan fingerprint density at radius 3 is 2.48 bits per heavy atom. The van der Waals surface area contributed by atoms with E-state index in [-0.39, 0.29) is 0 Å². The van der Waals surface area contributed by atoms with Crippen LogP contribution < -0.4 is 9.47 Å². The molecule has 0 aliphatic rings. The van der Waals surface area contributed by atoms with Crippen molar-refractivity contribution in [1.29, 1.82) is 0 Å². The number of benzene rings is 1. The maximum Gasteiger partial charge on any atom is 0.160 e. The minimum Gasteiger partial charge on any atom is -0.493 e. The lowest BCUT2D eigenvalue weighted by Gasteiger charge is -2.16. The number of rotatable bonds is 7. The third kappa shape index (κ3) is 3.54. The van der Waals surface area contributed by atoms with Gasteiger partial charge in [-0.2, -0.15) is 0 Å². The molecule has 0 fully saturated rings. The average Bonchev–Trinajstić information content (AvgIpc) is 2.99. The zero-order valence-electron chi connectivity index (χ0n) is 13.2. The molecule has 1 heterocycles. The Balaban J connectivity index is 2.20. The lowest BCUT2D eigenvalue weighted by atomic mass is 9.92. The molecular formula is C16H23N3O2. The molecule has 1 aromatic carbocycles. The maximum absolute atomic E-state index is 5.39. The van der Waals surface area contributed by atoms with Gasteiger partial charge in [0.1, 0.15) is 0 Å². The molecule has 0 saturated heterocycles. The molecule has 0 spiro atoms. The molecule has 1 atom stereocenters. The van der Waals surface area contributed by atoms with Crippen molar-refractivity contribution in [3.63, 3.8) is 0 Å². The van der Waals surface area contributed by atoms with Crippen LogP contribution >= 0.6 is 0 Å². The van der Waals surface area contributed by atoms with Gasteiger partial charge in [-0.15, -0.1) is 5.10 Å². The van der Waals surface area contributed by atoms with Crippen molar-refractivity contribution >= 4 is 0 Å². The van der Waals surface area contributed by atoms with E-state index in [0.29, 0.717) is 5.92 Å². The maximum atomic E-state index is 5.39. The predicted molar refractivity (Wildman–Crippen MR) is 82.0 cm³/mol. The van der Waals surface area contributed by atoms with E-state index in [2.05, 4.69) is 36.3 Å². The first kappa shape index (κ1) is 15.4. The van der Waals surface area contributed by atoms with Gasteiger partial charge in [0.05, 0.1) is 19.9 Å². The van der Waals surface area contributed by atoms with Crippen LogP contribution in [0.25, 0.3) is 0 Å². The normalized spacial score (nSPS) is 12.2. The third-order valence-electron chi connectivity index (χ3n) is 3.74. The summed E-state index contributed by atoms with van der Waals surface area (Å²) >= 11 is 0. The number of hydrogen-bond donors (Lipinski definition) is 0. The molecular weight excluding hydrogens is 266 g/mol. The molecule has 1 unspecified atom stereocenters. The molecule has 0 radical (unpaired) electrons. The summed E-state index contributed by atoms with van der Waals surface area (Å²) in [6.07, 6.45) is 3.93. The number of hydrogen-bond acceptors (Lipinski definition) is 4. The molecule has 0 amide bonds. The number of methoxy groups -OCH3 is 2. The van der Waals surface area contributed by atoms with E-state index in [0.717, 1.165) is 36.6 Å². The number of aromatic nitrogens is 3. The van der Waals surface area contributed by atoms with Crippen molar-refractivity contribution < 1.29 is 9.47 Å². The fourth-order valence-corrected chi connectivity index (χ4v) is 2.44. The Morgan fingerprint density at radius 2 is 1.90 bits per heavy atom. The second kappa shape index (κ2) is 7.11. The highest BCUT2D eigenvalue weighted by molar-refractivity contribution is 5.44. The first-order valence-electron chi connectivity index (χ1n) is 7.32. The molecule has 0 bridgehead atoms. The van der Waals surface area contributed by atoms with Gasteiger partial charge in [0.15, 0.2) is 11.5 Å². The van der Waals surface area contributed by atoms with E-state index >= 15 is 0 Å². The SMILES string of the molecule is CCC(Cc1cn(CC)nn1)c1ccc(OC)c(OC)c1. The highest BCUT2D eigenvalue weighted by Gasteiger charge is 2.15. The quantitative estimate of drug-likeness (QED) is 0.786. The smallest absolute Gasteiger partial charge is 0.160 e. The first-order valence-corrected chi connectivity index (χ1v) is 7.32. The summed E-state index contributed by atoms with van der Waals surface area (Å²) in [6.45, 7) is 5.09. The summed E-state index contributed by atoms with van der Waals surface area (Å²) in [5.74, 6) is 1.92. The van der Waals surface area contributed by atoms with E-state index in [4.69, 9.17) is 9.47 Å². The molecule has 114 valence electrons. The van der Waals surface area contributed by atoms with Crippen LogP contribution in [0.4, 0.5) is 0 Å². The van der Waals surface area contributed by atoms with Crippen molar-refractivity contribution in [2.24, 2.45) is 0 Å². The molecule has 1 aromatic heterocycles. The van der Waals surface area contributed by atoms with Crippen LogP contribution in [0.1, 0.15) is 37.4 Å². The lowest BCUT2D eigenvalue weighted by molar-refractivity contribution is 0.354. The monoisotopic (exact) mass is 289 g/mol. The van der Waals surface area contributed by atoms with Crippen molar-refractivity contribution in [2.45, 2.75) is 39.2 Å². The highest BCUT2D eigenvalue weighted by Crippen LogP contribution is 2.32. The van der Waals surface area contributed by atoms with Gasteiger partial charge >= 0.3 is 0 Å². The van der Waals surface area contributed by atoms with E-state index in [9.17, 15) is 0 Å². The fraction of sp³-hybridized carbons (Fsp3) is 0.500. The van der Waals surface area contributed by atoms with Crippen LogP contribution in [0.15, 0.2) is 24.4 Å². The molecule has 0 N–H and O–H groups in total. The Morgan fingerprint density at radius 1 is 1.14 bits per heavy atom. The van der Waals surface area contributed by atoms with Gasteiger partial charge in [-0.05, 0) is 43.4 Å². The zero-order valence-corrected chi connectivity index (χ0v) is 13.2. The molecule has 2 aromatic rings. The summed E-state index contributed by atoms with van der Waals surface area (Å²) in [4.78, 5) is 0. The number of nitrogens with zero attached hydrogens (tertiary/aromatic N) is 3. The average molecular weight is 289 g/mol. The van der Waals surface area contributed by atoms with Gasteiger partial charge in [-0.1, -0.05) is 18.2 Å². The van der Waals surface area contributed by atoms with Gasteiger partial charge in [0, 0.05) is 12.7 Å². The highest BCUT2D eigenvalue weighted by atomic mass is 16.5. The second-order valence-corrected chi connectivity index (χ2v) is 4.99. The summed E-state index contributed by atoms with van der Waals surface area (Å²) < 4.78 is 12.5. The lowest BCUT2D eigenvalue weighted by Crippen LogP contribution is -2.03. The van der Waals surface area contributed by atoms with Crippen LogP contribution in [-0.2, 0) is 13.0 Å². The van der Waals surface area contributed by atoms with Gasteiger partial charge in [-0.25, -0.2) is 0 Å². The summed E-state index contributed by atoms with van der Waals surface area (Å²) in [5, 5.41) is 8.33. The standard InChI is InChI=1S/C16H23N3O2/c1-5-12(9-14-11-19(6-2)18-17-14)13-7-8-15(20-3)16(10-13)21-4/h7-8,10-12H,5-6,9H2,1-4H3. The van der Waals surface area contributed by atoms with Gasteiger partial charge in [0.2, 0.25) is 0 Å². The number of aryl methyl sites for hydroxylation is 1. The predicted octanol–water partition coefficient (Wildman–Crippen LogP) is 3.05. The van der Waals surface area contributed by atoms with E-state index < -0.39 is 0 Å². The van der Waals surface area contributed by atoms with Gasteiger partial charge in [-0.3, -0.25) is 4.68 Å². The topological polar surface area (TPSA) is 49.2 Å². The fourth-order valence-electron chi connectivity index (χ4n) is 2.44. The molecule has 0 saturated carbocycles. The van der Waals surface area contributed by atoms with E-state index in [1.807, 2.05) is 16.9 Å². The Bertz CT molecular complexity index is 581. The molecule has 21 heavy (non-hydrogen) atoms. The van der Waals surface area contributed by atoms with Crippen molar-refractivity contribution in [1.82, 2.24) is 15.0 Å². The van der Waals surface area contributed by atoms with Crippen LogP contribution in [0.3, 0.4) is 0 Å². The summed E-state index contributed by atoms with van der Waals surface area (Å²) in [7, 11) is 3.31. The second-order valence-electron chi connectivity index (χ2n) is 4.99. The largest absolute Gasteiger partial charge is 0.493 e. The molecule has 5 heteroatoms. The Labute approximate surface area is 125 Å². The minimum atomic E-state index is 0.395. The minimum absolute atomic E-state index is 0.395. The van der Waals surface area contributed by atoms with Crippen LogP contribution in [-0.4, -0.2) is 29.2 Å². The molecule has 0 aliphatic carbocycles. The van der Waals surface area contributed by atoms with Crippen molar-refractivity contribution in [3.05, 3.63) is 35.7 Å². The van der Waals surface area contributed by atoms with Gasteiger partial charge < -0.3 is 9.47 Å². The Hall–Kier alpha value is -2.04. The summed E-state index contributed by atoms with van der Waals surface area (Å²) in [5.41, 5.74) is 2.26. The third-order valence-corrected chi connectivity index (χ3v) is 3.74. The number of ether oxygens (including phenoxy) is 2. The Kier molecular flexibility index (Phi) is 5.20. The molecule has 0 aliphatic heterocycles. The van der Waals surface area contributed by atoms with Crippen LogP contribution in [0.5, 0.6) is 11.5 Å². The summed E-state index contributed by atoms with van der Waals surface area (Å²) in [6, 6.07) is 6.11. The van der Waals surface area contributed by atoms with E-state index in [1.165, 1.54) is 5.56 Å². The van der Waals surface area contributed by atoms with Crippen LogP contribution in [0, 0.1) is 0 Å². The van der Waals surface area contributed by atoms with Crippen molar-refractivity contribution in [3.8, 4) is 11.5 Å². The zero-order chi connectivity index (χ0) is 15.2. The molecule has 5 nitrogen and oxygen atoms in total. The van der Waals surface area contributed by atoms with Gasteiger partial charge in [0.25, 0.3) is 0 Å². The van der Waals surface area contributed by atoms with Crippen molar-refractivity contribution in [2.75, 3.05) is 14.2 Å². The van der Waals surface area contributed by atoms with E-state index in [1.54, 1.807) is 14.2 Å².